The zero-order valence-corrected chi connectivity index (χ0v) is 14.3. The molecule has 0 radical (unpaired) electrons. The molecule has 0 aromatic carbocycles. The van der Waals surface area contributed by atoms with Gasteiger partial charge in [-0.3, -0.25) is 4.90 Å². The van der Waals surface area contributed by atoms with Gasteiger partial charge in [-0.25, -0.2) is 4.98 Å². The first-order valence-electron chi connectivity index (χ1n) is 7.11. The highest BCUT2D eigenvalue weighted by atomic mass is 32.1. The average molecular weight is 283 g/mol. The summed E-state index contributed by atoms with van der Waals surface area (Å²) in [7, 11) is 0. The number of thiazole rings is 1. The molecule has 0 saturated heterocycles. The van der Waals surface area contributed by atoms with E-state index in [0.717, 1.165) is 25.3 Å². The Balaban J connectivity index is 3.14. The van der Waals surface area contributed by atoms with Crippen LogP contribution in [-0.2, 0) is 17.5 Å². The number of hydrogen-bond acceptors (Lipinski definition) is 4. The number of aromatic nitrogens is 1. The highest BCUT2D eigenvalue weighted by Crippen LogP contribution is 2.35. The molecule has 1 heterocycles. The van der Waals surface area contributed by atoms with Crippen LogP contribution in [0.1, 0.15) is 64.0 Å². The minimum atomic E-state index is -0.318. The first kappa shape index (κ1) is 16.6. The fourth-order valence-electron chi connectivity index (χ4n) is 2.02. The lowest BCUT2D eigenvalue weighted by Gasteiger charge is -2.24. The quantitative estimate of drug-likeness (QED) is 0.899. The minimum Gasteiger partial charge on any atom is -0.321 e. The summed E-state index contributed by atoms with van der Waals surface area (Å²) in [6, 6.07) is 0. The van der Waals surface area contributed by atoms with Gasteiger partial charge in [-0.15, -0.1) is 11.3 Å². The minimum absolute atomic E-state index is 0.0456. The maximum absolute atomic E-state index is 6.32. The van der Waals surface area contributed by atoms with Gasteiger partial charge in [-0.2, -0.15) is 0 Å². The van der Waals surface area contributed by atoms with Crippen molar-refractivity contribution in [1.29, 1.82) is 0 Å². The highest BCUT2D eigenvalue weighted by Gasteiger charge is 2.30. The second kappa shape index (κ2) is 5.90. The van der Waals surface area contributed by atoms with Gasteiger partial charge in [0.2, 0.25) is 0 Å². The first-order chi connectivity index (χ1) is 8.59. The molecule has 0 bridgehead atoms. The van der Waals surface area contributed by atoms with E-state index in [2.05, 4.69) is 53.4 Å². The normalized spacial score (nSPS) is 13.3. The van der Waals surface area contributed by atoms with Crippen LogP contribution in [0.2, 0.25) is 0 Å². The molecular weight excluding hydrogens is 254 g/mol. The summed E-state index contributed by atoms with van der Waals surface area (Å²) < 4.78 is 0. The van der Waals surface area contributed by atoms with Crippen molar-refractivity contribution < 1.29 is 0 Å². The van der Waals surface area contributed by atoms with Crippen molar-refractivity contribution >= 4 is 11.3 Å². The molecule has 0 aliphatic rings. The predicted molar refractivity (Wildman–Crippen MR) is 84.7 cm³/mol. The van der Waals surface area contributed by atoms with E-state index in [-0.39, 0.29) is 11.0 Å². The molecule has 1 aromatic rings. The summed E-state index contributed by atoms with van der Waals surface area (Å²) in [5, 5.41) is 1.18. The van der Waals surface area contributed by atoms with Crippen LogP contribution in [0.4, 0.5) is 0 Å². The van der Waals surface area contributed by atoms with Crippen LogP contribution in [-0.4, -0.2) is 23.0 Å². The Morgan fingerprint density at radius 3 is 1.95 bits per heavy atom. The molecule has 0 unspecified atom stereocenters. The van der Waals surface area contributed by atoms with Crippen molar-refractivity contribution in [2.75, 3.05) is 13.1 Å². The van der Waals surface area contributed by atoms with Gasteiger partial charge in [-0.1, -0.05) is 34.6 Å². The van der Waals surface area contributed by atoms with E-state index in [1.807, 2.05) is 0 Å². The third-order valence-electron chi connectivity index (χ3n) is 3.22. The molecule has 4 heteroatoms. The van der Waals surface area contributed by atoms with Crippen LogP contribution in [0.25, 0.3) is 0 Å². The van der Waals surface area contributed by atoms with Crippen LogP contribution < -0.4 is 5.73 Å². The van der Waals surface area contributed by atoms with Gasteiger partial charge in [0, 0.05) is 15.8 Å². The molecule has 0 aliphatic heterocycles. The Labute approximate surface area is 122 Å². The van der Waals surface area contributed by atoms with Crippen molar-refractivity contribution in [2.24, 2.45) is 5.73 Å². The Bertz CT molecular complexity index is 375. The average Bonchev–Trinajstić information content (AvgIpc) is 2.69. The maximum Gasteiger partial charge on any atom is 0.107 e. The standard InChI is InChI=1S/C15H29N3S/c1-8-18(9-2)10-11-17-12(14(3,4)5)13(19-11)15(6,7)16/h8-10,16H2,1-7H3. The summed E-state index contributed by atoms with van der Waals surface area (Å²) in [6.45, 7) is 18.2. The molecule has 3 nitrogen and oxygen atoms in total. The van der Waals surface area contributed by atoms with Crippen molar-refractivity contribution in [3.8, 4) is 0 Å². The van der Waals surface area contributed by atoms with Crippen LogP contribution in [0.5, 0.6) is 0 Å². The highest BCUT2D eigenvalue weighted by molar-refractivity contribution is 7.11. The van der Waals surface area contributed by atoms with Gasteiger partial charge in [0.25, 0.3) is 0 Å². The summed E-state index contributed by atoms with van der Waals surface area (Å²) in [6.07, 6.45) is 0. The number of rotatable bonds is 5. The van der Waals surface area contributed by atoms with Crippen molar-refractivity contribution in [3.63, 3.8) is 0 Å². The summed E-state index contributed by atoms with van der Waals surface area (Å²) >= 11 is 1.77. The van der Waals surface area contributed by atoms with E-state index in [9.17, 15) is 0 Å². The number of hydrogen-bond donors (Lipinski definition) is 1. The summed E-state index contributed by atoms with van der Waals surface area (Å²) in [4.78, 5) is 8.49. The van der Waals surface area contributed by atoms with Crippen LogP contribution in [0.3, 0.4) is 0 Å². The lowest BCUT2D eigenvalue weighted by Crippen LogP contribution is -2.31. The van der Waals surface area contributed by atoms with Gasteiger partial charge < -0.3 is 5.73 Å². The molecule has 0 saturated carbocycles. The zero-order chi connectivity index (χ0) is 14.8. The maximum atomic E-state index is 6.32. The molecule has 0 atom stereocenters. The molecule has 1 aromatic heterocycles. The van der Waals surface area contributed by atoms with E-state index in [4.69, 9.17) is 10.7 Å². The molecular formula is C15H29N3S. The smallest absolute Gasteiger partial charge is 0.107 e. The van der Waals surface area contributed by atoms with E-state index in [0.29, 0.717) is 0 Å². The van der Waals surface area contributed by atoms with Gasteiger partial charge >= 0.3 is 0 Å². The zero-order valence-electron chi connectivity index (χ0n) is 13.5. The third-order valence-corrected chi connectivity index (χ3v) is 4.60. The largest absolute Gasteiger partial charge is 0.321 e. The molecule has 19 heavy (non-hydrogen) atoms. The van der Waals surface area contributed by atoms with E-state index in [1.54, 1.807) is 11.3 Å². The van der Waals surface area contributed by atoms with Crippen molar-refractivity contribution in [1.82, 2.24) is 9.88 Å². The SMILES string of the molecule is CCN(CC)Cc1nc(C(C)(C)C)c(C(C)(C)N)s1. The molecule has 110 valence electrons. The first-order valence-corrected chi connectivity index (χ1v) is 7.93. The van der Waals surface area contributed by atoms with Crippen LogP contribution >= 0.6 is 11.3 Å². The molecule has 2 N–H and O–H groups in total. The summed E-state index contributed by atoms with van der Waals surface area (Å²) in [5.74, 6) is 0. The van der Waals surface area contributed by atoms with Gasteiger partial charge in [0.15, 0.2) is 0 Å². The lowest BCUT2D eigenvalue weighted by atomic mass is 9.87. The fourth-order valence-corrected chi connectivity index (χ4v) is 3.35. The second-order valence-electron chi connectivity index (χ2n) is 6.72. The van der Waals surface area contributed by atoms with Crippen LogP contribution in [0, 0.1) is 0 Å². The molecule has 0 aliphatic carbocycles. The predicted octanol–water partition coefficient (Wildman–Crippen LogP) is 3.48. The van der Waals surface area contributed by atoms with Gasteiger partial charge in [0.1, 0.15) is 5.01 Å². The van der Waals surface area contributed by atoms with Crippen LogP contribution in [0.15, 0.2) is 0 Å². The molecule has 0 spiro atoms. The Morgan fingerprint density at radius 1 is 1.11 bits per heavy atom. The number of nitrogens with zero attached hydrogens (tertiary/aromatic N) is 2. The van der Waals surface area contributed by atoms with Gasteiger partial charge in [0.05, 0.1) is 12.2 Å². The number of nitrogens with two attached hydrogens (primary N) is 1. The molecule has 1 rings (SSSR count). The molecule has 0 amide bonds. The van der Waals surface area contributed by atoms with E-state index < -0.39 is 0 Å². The molecule has 0 fully saturated rings. The summed E-state index contributed by atoms with van der Waals surface area (Å²) in [5.41, 5.74) is 7.21. The second-order valence-corrected chi connectivity index (χ2v) is 7.80. The third kappa shape index (κ3) is 4.26. The monoisotopic (exact) mass is 283 g/mol. The van der Waals surface area contributed by atoms with E-state index >= 15 is 0 Å². The van der Waals surface area contributed by atoms with E-state index in [1.165, 1.54) is 9.88 Å². The topological polar surface area (TPSA) is 42.2 Å². The fraction of sp³-hybridized carbons (Fsp3) is 0.800. The van der Waals surface area contributed by atoms with Crippen molar-refractivity contribution in [2.45, 2.75) is 66.0 Å². The Kier molecular flexibility index (Phi) is 5.15. The van der Waals surface area contributed by atoms with Gasteiger partial charge in [-0.05, 0) is 26.9 Å². The lowest BCUT2D eigenvalue weighted by molar-refractivity contribution is 0.295. The van der Waals surface area contributed by atoms with Crippen molar-refractivity contribution in [3.05, 3.63) is 15.6 Å². The Hall–Kier alpha value is -0.450. The Morgan fingerprint density at radius 2 is 1.63 bits per heavy atom.